The molecule has 5 heterocycles. The average molecular weight is 448 g/mol. The Bertz CT molecular complexity index is 1290. The zero-order chi connectivity index (χ0) is 22.6. The molecule has 33 heavy (non-hydrogen) atoms. The maximum Gasteiger partial charge on any atom is 0.163 e. The van der Waals surface area contributed by atoms with Gasteiger partial charge in [-0.2, -0.15) is 15.3 Å². The van der Waals surface area contributed by atoms with Crippen molar-refractivity contribution in [3.8, 4) is 22.5 Å². The highest BCUT2D eigenvalue weighted by atomic mass is 16.7. The lowest BCUT2D eigenvalue weighted by Gasteiger charge is -2.16. The van der Waals surface area contributed by atoms with E-state index in [-0.39, 0.29) is 6.10 Å². The van der Waals surface area contributed by atoms with Crippen LogP contribution in [0, 0.1) is 5.92 Å². The SMILES string of the molecule is C[C@@H]1CCC[C@@H]1n1cc(-c2nc(-c3cnn(C[C@@H]4COC(C)(C)O4)c3)cn3nccc23)cn1. The Kier molecular flexibility index (Phi) is 4.84. The van der Waals surface area contributed by atoms with Gasteiger partial charge in [0, 0.05) is 23.5 Å². The molecule has 0 N–H and O–H groups in total. The zero-order valence-corrected chi connectivity index (χ0v) is 19.3. The molecule has 1 saturated heterocycles. The largest absolute Gasteiger partial charge is 0.348 e. The van der Waals surface area contributed by atoms with Gasteiger partial charge in [0.15, 0.2) is 5.79 Å². The minimum atomic E-state index is -0.539. The van der Waals surface area contributed by atoms with Crippen molar-refractivity contribution in [2.45, 2.75) is 64.5 Å². The van der Waals surface area contributed by atoms with E-state index in [4.69, 9.17) is 19.6 Å². The summed E-state index contributed by atoms with van der Waals surface area (Å²) in [6, 6.07) is 2.46. The van der Waals surface area contributed by atoms with Gasteiger partial charge in [0.1, 0.15) is 6.10 Å². The fourth-order valence-corrected chi connectivity index (χ4v) is 5.10. The van der Waals surface area contributed by atoms with E-state index in [1.54, 1.807) is 6.20 Å². The van der Waals surface area contributed by atoms with Crippen LogP contribution in [0.4, 0.5) is 0 Å². The van der Waals surface area contributed by atoms with E-state index < -0.39 is 5.79 Å². The summed E-state index contributed by atoms with van der Waals surface area (Å²) in [5, 5.41) is 13.7. The first-order valence-electron chi connectivity index (χ1n) is 11.7. The number of rotatable bonds is 5. The lowest BCUT2D eigenvalue weighted by molar-refractivity contribution is -0.139. The molecule has 0 amide bonds. The third-order valence-electron chi connectivity index (χ3n) is 6.81. The molecule has 2 aliphatic rings. The molecule has 0 unspecified atom stereocenters. The minimum absolute atomic E-state index is 0.0197. The van der Waals surface area contributed by atoms with Crippen molar-refractivity contribution in [3.63, 3.8) is 0 Å². The normalized spacial score (nSPS) is 24.8. The van der Waals surface area contributed by atoms with Crippen molar-refractivity contribution in [1.82, 2.24) is 34.2 Å². The van der Waals surface area contributed by atoms with E-state index in [0.717, 1.165) is 28.0 Å². The fraction of sp³-hybridized carbons (Fsp3) is 0.500. The van der Waals surface area contributed by atoms with Crippen molar-refractivity contribution in [2.24, 2.45) is 5.92 Å². The summed E-state index contributed by atoms with van der Waals surface area (Å²) in [6.07, 6.45) is 15.3. The minimum Gasteiger partial charge on any atom is -0.348 e. The van der Waals surface area contributed by atoms with Crippen molar-refractivity contribution < 1.29 is 9.47 Å². The van der Waals surface area contributed by atoms with Gasteiger partial charge in [-0.1, -0.05) is 13.3 Å². The van der Waals surface area contributed by atoms with Gasteiger partial charge in [-0.15, -0.1) is 0 Å². The van der Waals surface area contributed by atoms with Gasteiger partial charge < -0.3 is 9.47 Å². The molecule has 4 aromatic heterocycles. The quantitative estimate of drug-likeness (QED) is 0.460. The first-order chi connectivity index (χ1) is 15.9. The Balaban J connectivity index is 1.31. The van der Waals surface area contributed by atoms with Crippen molar-refractivity contribution in [2.75, 3.05) is 6.61 Å². The van der Waals surface area contributed by atoms with Crippen LogP contribution in [0.3, 0.4) is 0 Å². The van der Waals surface area contributed by atoms with Crippen LogP contribution in [0.1, 0.15) is 46.1 Å². The molecule has 172 valence electrons. The van der Waals surface area contributed by atoms with Gasteiger partial charge in [0.2, 0.25) is 0 Å². The summed E-state index contributed by atoms with van der Waals surface area (Å²) in [6.45, 7) is 7.37. The molecule has 1 aliphatic heterocycles. The fourth-order valence-electron chi connectivity index (χ4n) is 5.10. The number of hydrogen-bond donors (Lipinski definition) is 0. The second-order valence-electron chi connectivity index (χ2n) is 9.72. The van der Waals surface area contributed by atoms with Gasteiger partial charge in [-0.05, 0) is 38.7 Å². The lowest BCUT2D eigenvalue weighted by atomic mass is 10.1. The molecular weight excluding hydrogens is 418 g/mol. The Morgan fingerprint density at radius 3 is 2.73 bits per heavy atom. The summed E-state index contributed by atoms with van der Waals surface area (Å²) < 4.78 is 17.5. The summed E-state index contributed by atoms with van der Waals surface area (Å²) in [7, 11) is 0. The molecular formula is C24H29N7O2. The van der Waals surface area contributed by atoms with Gasteiger partial charge in [-0.25, -0.2) is 9.50 Å². The first kappa shape index (κ1) is 20.6. The molecule has 0 radical (unpaired) electrons. The third-order valence-corrected chi connectivity index (χ3v) is 6.81. The molecule has 0 bridgehead atoms. The lowest BCUT2D eigenvalue weighted by Crippen LogP contribution is -2.24. The van der Waals surface area contributed by atoms with E-state index in [2.05, 4.69) is 28.0 Å². The molecule has 9 heteroatoms. The van der Waals surface area contributed by atoms with Crippen LogP contribution >= 0.6 is 0 Å². The van der Waals surface area contributed by atoms with Crippen LogP contribution in [0.15, 0.2) is 43.2 Å². The number of fused-ring (bicyclic) bond motifs is 1. The third kappa shape index (κ3) is 3.85. The number of nitrogens with zero attached hydrogens (tertiary/aromatic N) is 7. The average Bonchev–Trinajstić information content (AvgIpc) is 3.59. The van der Waals surface area contributed by atoms with E-state index in [0.29, 0.717) is 25.1 Å². The van der Waals surface area contributed by atoms with E-state index in [9.17, 15) is 0 Å². The van der Waals surface area contributed by atoms with Crippen LogP contribution in [0.5, 0.6) is 0 Å². The molecule has 0 spiro atoms. The highest BCUT2D eigenvalue weighted by Gasteiger charge is 2.33. The standard InChI is InChI=1S/C24H29N7O2/c1-16-5-4-6-21(16)30-12-18(10-27-30)23-22-7-8-25-31(22)14-20(28-23)17-9-26-29(11-17)13-19-15-32-24(2,3)33-19/h7-12,14,16,19,21H,4-6,13,15H2,1-3H3/t16-,19-,21+/m1/s1. The summed E-state index contributed by atoms with van der Waals surface area (Å²) in [5.41, 5.74) is 4.60. The molecule has 6 rings (SSSR count). The highest BCUT2D eigenvalue weighted by molar-refractivity contribution is 5.78. The van der Waals surface area contributed by atoms with Gasteiger partial charge in [0.05, 0.1) is 60.9 Å². The Labute approximate surface area is 192 Å². The highest BCUT2D eigenvalue weighted by Crippen LogP contribution is 2.36. The van der Waals surface area contributed by atoms with Gasteiger partial charge >= 0.3 is 0 Å². The summed E-state index contributed by atoms with van der Waals surface area (Å²) in [5.74, 6) is 0.112. The van der Waals surface area contributed by atoms with Crippen molar-refractivity contribution in [3.05, 3.63) is 43.2 Å². The molecule has 4 aromatic rings. The monoisotopic (exact) mass is 447 g/mol. The second kappa shape index (κ2) is 7.78. The van der Waals surface area contributed by atoms with Crippen LogP contribution in [0.2, 0.25) is 0 Å². The molecule has 0 aromatic carbocycles. The Hall–Kier alpha value is -3.04. The predicted molar refractivity (Wildman–Crippen MR) is 122 cm³/mol. The smallest absolute Gasteiger partial charge is 0.163 e. The summed E-state index contributed by atoms with van der Waals surface area (Å²) in [4.78, 5) is 5.02. The van der Waals surface area contributed by atoms with E-state index in [1.165, 1.54) is 19.3 Å². The van der Waals surface area contributed by atoms with Crippen LogP contribution in [-0.2, 0) is 16.0 Å². The zero-order valence-electron chi connectivity index (χ0n) is 19.3. The maximum atomic E-state index is 5.92. The van der Waals surface area contributed by atoms with Crippen molar-refractivity contribution in [1.29, 1.82) is 0 Å². The molecule has 1 saturated carbocycles. The van der Waals surface area contributed by atoms with Gasteiger partial charge in [-0.3, -0.25) is 9.36 Å². The Morgan fingerprint density at radius 2 is 1.94 bits per heavy atom. The Morgan fingerprint density at radius 1 is 1.06 bits per heavy atom. The molecule has 2 fully saturated rings. The topological polar surface area (TPSA) is 84.3 Å². The van der Waals surface area contributed by atoms with E-state index >= 15 is 0 Å². The number of ether oxygens (including phenoxy) is 2. The first-order valence-corrected chi connectivity index (χ1v) is 11.7. The van der Waals surface area contributed by atoms with Crippen LogP contribution in [-0.4, -0.2) is 52.7 Å². The second-order valence-corrected chi connectivity index (χ2v) is 9.72. The van der Waals surface area contributed by atoms with Crippen molar-refractivity contribution >= 4 is 5.52 Å². The molecule has 3 atom stereocenters. The van der Waals surface area contributed by atoms with Crippen LogP contribution < -0.4 is 0 Å². The molecule has 9 nitrogen and oxygen atoms in total. The number of aromatic nitrogens is 7. The van der Waals surface area contributed by atoms with Gasteiger partial charge in [0.25, 0.3) is 0 Å². The summed E-state index contributed by atoms with van der Waals surface area (Å²) >= 11 is 0. The predicted octanol–water partition coefficient (Wildman–Crippen LogP) is 3.97. The molecule has 1 aliphatic carbocycles. The number of hydrogen-bond acceptors (Lipinski definition) is 6. The van der Waals surface area contributed by atoms with Crippen LogP contribution in [0.25, 0.3) is 28.0 Å². The van der Waals surface area contributed by atoms with E-state index in [1.807, 2.05) is 53.9 Å². The maximum absolute atomic E-state index is 5.92.